The van der Waals surface area contributed by atoms with Crippen molar-refractivity contribution in [2.75, 3.05) is 18.0 Å². The largest absolute Gasteiger partial charge is 0.341 e. The molecule has 1 aliphatic heterocycles. The quantitative estimate of drug-likeness (QED) is 0.834. The summed E-state index contributed by atoms with van der Waals surface area (Å²) in [5, 5.41) is 3.31. The fourth-order valence-corrected chi connectivity index (χ4v) is 2.95. The van der Waals surface area contributed by atoms with E-state index in [-0.39, 0.29) is 5.82 Å². The maximum absolute atomic E-state index is 14.2. The molecule has 110 valence electrons. The van der Waals surface area contributed by atoms with Crippen LogP contribution in [-0.4, -0.2) is 13.1 Å². The molecule has 2 nitrogen and oxygen atoms in total. The number of hydrogen-bond acceptors (Lipinski definition) is 2. The molecule has 0 saturated carbocycles. The topological polar surface area (TPSA) is 15.3 Å². The number of fused-ring (bicyclic) bond motifs is 1. The summed E-state index contributed by atoms with van der Waals surface area (Å²) in [5.41, 5.74) is 4.31. The molecule has 2 aromatic rings. The number of para-hydroxylation sites is 1. The third-order valence-corrected chi connectivity index (χ3v) is 4.00. The Morgan fingerprint density at radius 1 is 1.10 bits per heavy atom. The molecule has 0 unspecified atom stereocenters. The van der Waals surface area contributed by atoms with Crippen LogP contribution in [0, 0.1) is 5.82 Å². The molecule has 0 radical (unpaired) electrons. The summed E-state index contributed by atoms with van der Waals surface area (Å²) < 4.78 is 14.2. The summed E-state index contributed by atoms with van der Waals surface area (Å²) in [6.45, 7) is 4.52. The monoisotopic (exact) mass is 284 g/mol. The molecule has 0 aliphatic carbocycles. The van der Waals surface area contributed by atoms with E-state index in [0.717, 1.165) is 37.2 Å². The zero-order valence-corrected chi connectivity index (χ0v) is 12.4. The van der Waals surface area contributed by atoms with E-state index in [0.29, 0.717) is 6.54 Å². The molecular weight excluding hydrogens is 263 g/mol. The minimum Gasteiger partial charge on any atom is -0.341 e. The van der Waals surface area contributed by atoms with Gasteiger partial charge in [0, 0.05) is 30.0 Å². The smallest absolute Gasteiger partial charge is 0.129 e. The van der Waals surface area contributed by atoms with Gasteiger partial charge in [-0.05, 0) is 43.1 Å². The molecule has 0 aromatic heterocycles. The Labute approximate surface area is 125 Å². The molecule has 2 aromatic carbocycles. The molecule has 0 amide bonds. The van der Waals surface area contributed by atoms with Gasteiger partial charge in [0.1, 0.15) is 5.82 Å². The lowest BCUT2D eigenvalue weighted by Crippen LogP contribution is -2.20. The molecule has 1 aliphatic rings. The number of rotatable bonds is 5. The second kappa shape index (κ2) is 6.27. The summed E-state index contributed by atoms with van der Waals surface area (Å²) in [5.74, 6) is -0.125. The first-order valence-corrected chi connectivity index (χ1v) is 7.65. The molecule has 21 heavy (non-hydrogen) atoms. The van der Waals surface area contributed by atoms with Gasteiger partial charge in [-0.25, -0.2) is 4.39 Å². The van der Waals surface area contributed by atoms with E-state index >= 15 is 0 Å². The van der Waals surface area contributed by atoms with Gasteiger partial charge in [-0.3, -0.25) is 0 Å². The minimum atomic E-state index is -0.125. The minimum absolute atomic E-state index is 0.125. The molecular formula is C18H21FN2. The average molecular weight is 284 g/mol. The molecule has 0 bridgehead atoms. The van der Waals surface area contributed by atoms with Gasteiger partial charge in [0.05, 0.1) is 0 Å². The molecule has 1 heterocycles. The highest BCUT2D eigenvalue weighted by molar-refractivity contribution is 5.72. The summed E-state index contributed by atoms with van der Waals surface area (Å²) in [4.78, 5) is 2.24. The zero-order chi connectivity index (χ0) is 14.7. The lowest BCUT2D eigenvalue weighted by Gasteiger charge is -2.23. The van der Waals surface area contributed by atoms with E-state index in [1.807, 2.05) is 12.1 Å². The highest BCUT2D eigenvalue weighted by atomic mass is 19.1. The first-order valence-electron chi connectivity index (χ1n) is 7.65. The molecule has 0 fully saturated rings. The Hall–Kier alpha value is -1.87. The molecule has 0 saturated heterocycles. The Balaban J connectivity index is 1.94. The third-order valence-electron chi connectivity index (χ3n) is 4.00. The lowest BCUT2D eigenvalue weighted by atomic mass is 10.1. The number of benzene rings is 2. The second-order valence-electron chi connectivity index (χ2n) is 5.44. The fourth-order valence-electron chi connectivity index (χ4n) is 2.95. The fraction of sp³-hybridized carbons (Fsp3) is 0.333. The van der Waals surface area contributed by atoms with Gasteiger partial charge in [-0.15, -0.1) is 0 Å². The van der Waals surface area contributed by atoms with E-state index < -0.39 is 0 Å². The highest BCUT2D eigenvalue weighted by Crippen LogP contribution is 2.36. The van der Waals surface area contributed by atoms with Crippen molar-refractivity contribution in [2.24, 2.45) is 0 Å². The van der Waals surface area contributed by atoms with Crippen molar-refractivity contribution in [3.8, 4) is 0 Å². The summed E-state index contributed by atoms with van der Waals surface area (Å²) in [6, 6.07) is 13.8. The third kappa shape index (κ3) is 2.79. The van der Waals surface area contributed by atoms with Crippen LogP contribution in [0.1, 0.15) is 24.5 Å². The van der Waals surface area contributed by atoms with Gasteiger partial charge < -0.3 is 10.2 Å². The first kappa shape index (κ1) is 14.1. The van der Waals surface area contributed by atoms with Gasteiger partial charge in [0.2, 0.25) is 0 Å². The van der Waals surface area contributed by atoms with E-state index in [1.165, 1.54) is 11.3 Å². The number of hydrogen-bond donors (Lipinski definition) is 1. The summed E-state index contributed by atoms with van der Waals surface area (Å²) in [7, 11) is 0. The van der Waals surface area contributed by atoms with Crippen molar-refractivity contribution < 1.29 is 4.39 Å². The van der Waals surface area contributed by atoms with Crippen LogP contribution >= 0.6 is 0 Å². The van der Waals surface area contributed by atoms with Crippen molar-refractivity contribution in [2.45, 2.75) is 26.3 Å². The van der Waals surface area contributed by atoms with Crippen LogP contribution in [0.4, 0.5) is 15.8 Å². The number of nitrogens with one attached hydrogen (secondary N) is 1. The standard InChI is InChI=1S/C18H21FN2/c1-2-11-20-13-15-16(19)7-5-9-18(15)21-12-10-14-6-3-4-8-17(14)21/h3-9,20H,2,10-13H2,1H3. The van der Waals surface area contributed by atoms with Crippen LogP contribution < -0.4 is 10.2 Å². The number of anilines is 2. The predicted octanol–water partition coefficient (Wildman–Crippen LogP) is 4.02. The number of halogens is 1. The van der Waals surface area contributed by atoms with Crippen molar-refractivity contribution in [1.29, 1.82) is 0 Å². The average Bonchev–Trinajstić information content (AvgIpc) is 2.93. The van der Waals surface area contributed by atoms with E-state index in [9.17, 15) is 4.39 Å². The van der Waals surface area contributed by atoms with E-state index in [4.69, 9.17) is 0 Å². The van der Waals surface area contributed by atoms with Gasteiger partial charge in [0.25, 0.3) is 0 Å². The maximum Gasteiger partial charge on any atom is 0.129 e. The maximum atomic E-state index is 14.2. The van der Waals surface area contributed by atoms with Crippen LogP contribution in [0.5, 0.6) is 0 Å². The highest BCUT2D eigenvalue weighted by Gasteiger charge is 2.22. The van der Waals surface area contributed by atoms with Crippen molar-refractivity contribution in [3.05, 3.63) is 59.4 Å². The Kier molecular flexibility index (Phi) is 4.20. The van der Waals surface area contributed by atoms with Crippen LogP contribution in [0.15, 0.2) is 42.5 Å². The Morgan fingerprint density at radius 3 is 2.76 bits per heavy atom. The van der Waals surface area contributed by atoms with Crippen LogP contribution in [0.25, 0.3) is 0 Å². The normalized spacial score (nSPS) is 13.5. The van der Waals surface area contributed by atoms with Gasteiger partial charge in [-0.2, -0.15) is 0 Å². The van der Waals surface area contributed by atoms with Gasteiger partial charge in [-0.1, -0.05) is 31.2 Å². The Bertz CT molecular complexity index is 624. The van der Waals surface area contributed by atoms with Crippen LogP contribution in [0.3, 0.4) is 0 Å². The van der Waals surface area contributed by atoms with Crippen LogP contribution in [-0.2, 0) is 13.0 Å². The van der Waals surface area contributed by atoms with Crippen molar-refractivity contribution >= 4 is 11.4 Å². The predicted molar refractivity (Wildman–Crippen MR) is 85.5 cm³/mol. The summed E-state index contributed by atoms with van der Waals surface area (Å²) >= 11 is 0. The molecule has 1 N–H and O–H groups in total. The van der Waals surface area contributed by atoms with Gasteiger partial charge >= 0.3 is 0 Å². The molecule has 3 rings (SSSR count). The Morgan fingerprint density at radius 2 is 1.90 bits per heavy atom. The van der Waals surface area contributed by atoms with Crippen LogP contribution in [0.2, 0.25) is 0 Å². The van der Waals surface area contributed by atoms with E-state index in [2.05, 4.69) is 35.3 Å². The van der Waals surface area contributed by atoms with Gasteiger partial charge in [0.15, 0.2) is 0 Å². The molecule has 3 heteroatoms. The molecule has 0 spiro atoms. The zero-order valence-electron chi connectivity index (χ0n) is 12.4. The molecule has 0 atom stereocenters. The SMILES string of the molecule is CCCNCc1c(F)cccc1N1CCc2ccccc21. The second-order valence-corrected chi connectivity index (χ2v) is 5.44. The summed E-state index contributed by atoms with van der Waals surface area (Å²) in [6.07, 6.45) is 2.07. The van der Waals surface area contributed by atoms with Crippen molar-refractivity contribution in [1.82, 2.24) is 5.32 Å². The van der Waals surface area contributed by atoms with E-state index in [1.54, 1.807) is 12.1 Å². The number of nitrogens with zero attached hydrogens (tertiary/aromatic N) is 1. The lowest BCUT2D eigenvalue weighted by molar-refractivity contribution is 0.586. The first-order chi connectivity index (χ1) is 10.3. The van der Waals surface area contributed by atoms with Crippen molar-refractivity contribution in [3.63, 3.8) is 0 Å².